The topological polar surface area (TPSA) is 24.5 Å². The maximum Gasteiger partial charge on any atom is 0.0702 e. The predicted molar refractivity (Wildman–Crippen MR) is 91.0 cm³/mol. The summed E-state index contributed by atoms with van der Waals surface area (Å²) in [7, 11) is 2.21. The third kappa shape index (κ3) is 5.70. The largest absolute Gasteiger partial charge is 0.377 e. The molecule has 0 radical (unpaired) electrons. The Labute approximate surface area is 133 Å². The molecule has 0 spiro atoms. The Hall–Kier alpha value is -0.420. The van der Waals surface area contributed by atoms with Crippen molar-refractivity contribution >= 4 is 11.3 Å². The molecule has 1 fully saturated rings. The van der Waals surface area contributed by atoms with Crippen molar-refractivity contribution in [2.45, 2.75) is 65.3 Å². The van der Waals surface area contributed by atoms with Gasteiger partial charge in [-0.3, -0.25) is 4.90 Å². The Morgan fingerprint density at radius 2 is 2.24 bits per heavy atom. The van der Waals surface area contributed by atoms with Crippen LogP contribution in [0.1, 0.15) is 48.4 Å². The summed E-state index contributed by atoms with van der Waals surface area (Å²) < 4.78 is 5.84. The van der Waals surface area contributed by atoms with Crippen molar-refractivity contribution in [3.8, 4) is 0 Å². The molecular weight excluding hydrogens is 280 g/mol. The van der Waals surface area contributed by atoms with Crippen LogP contribution >= 0.6 is 11.3 Å². The smallest absolute Gasteiger partial charge is 0.0702 e. The minimum Gasteiger partial charge on any atom is -0.377 e. The molecule has 2 rings (SSSR count). The zero-order chi connectivity index (χ0) is 15.2. The van der Waals surface area contributed by atoms with Crippen molar-refractivity contribution in [2.75, 3.05) is 20.2 Å². The lowest BCUT2D eigenvalue weighted by atomic mass is 10.1. The molecule has 120 valence electrons. The number of nitrogens with one attached hydrogen (secondary N) is 1. The van der Waals surface area contributed by atoms with Crippen molar-refractivity contribution in [3.63, 3.8) is 0 Å². The number of nitrogens with zero attached hydrogens (tertiary/aromatic N) is 1. The van der Waals surface area contributed by atoms with E-state index in [-0.39, 0.29) is 0 Å². The summed E-state index contributed by atoms with van der Waals surface area (Å²) >= 11 is 1.92. The van der Waals surface area contributed by atoms with Gasteiger partial charge in [-0.15, -0.1) is 11.3 Å². The number of ether oxygens (including phenoxy) is 1. The average molecular weight is 311 g/mol. The number of hydrogen-bond acceptors (Lipinski definition) is 4. The second kappa shape index (κ2) is 8.28. The molecule has 1 N–H and O–H groups in total. The van der Waals surface area contributed by atoms with E-state index < -0.39 is 0 Å². The second-order valence-corrected chi connectivity index (χ2v) is 7.86. The van der Waals surface area contributed by atoms with Gasteiger partial charge in [-0.25, -0.2) is 0 Å². The van der Waals surface area contributed by atoms with Crippen LogP contribution in [-0.2, 0) is 17.8 Å². The van der Waals surface area contributed by atoms with Gasteiger partial charge in [0.05, 0.1) is 6.10 Å². The first kappa shape index (κ1) is 16.9. The molecule has 0 aromatic carbocycles. The zero-order valence-electron chi connectivity index (χ0n) is 13.9. The molecule has 1 unspecified atom stereocenters. The highest BCUT2D eigenvalue weighted by Crippen LogP contribution is 2.23. The summed E-state index contributed by atoms with van der Waals surface area (Å²) in [6.45, 7) is 10.6. The molecule has 1 atom stereocenters. The van der Waals surface area contributed by atoms with Crippen LogP contribution in [0.3, 0.4) is 0 Å². The van der Waals surface area contributed by atoms with Gasteiger partial charge >= 0.3 is 0 Å². The predicted octanol–water partition coefficient (Wildman–Crippen LogP) is 3.56. The molecule has 2 heterocycles. The quantitative estimate of drug-likeness (QED) is 0.833. The first-order valence-corrected chi connectivity index (χ1v) is 8.98. The van der Waals surface area contributed by atoms with Crippen molar-refractivity contribution in [3.05, 3.63) is 21.4 Å². The summed E-state index contributed by atoms with van der Waals surface area (Å²) in [4.78, 5) is 5.30. The van der Waals surface area contributed by atoms with Gasteiger partial charge in [-0.2, -0.15) is 0 Å². The van der Waals surface area contributed by atoms with E-state index in [1.54, 1.807) is 0 Å². The third-order valence-corrected chi connectivity index (χ3v) is 5.08. The van der Waals surface area contributed by atoms with Gasteiger partial charge in [0.1, 0.15) is 0 Å². The molecule has 1 saturated heterocycles. The number of thiophene rings is 1. The number of likely N-dealkylation sites (N-methyl/N-ethyl adjacent to an activating group) is 1. The number of hydrogen-bond donors (Lipinski definition) is 1. The van der Waals surface area contributed by atoms with Gasteiger partial charge in [0.2, 0.25) is 0 Å². The minimum atomic E-state index is 0.435. The Morgan fingerprint density at radius 1 is 1.43 bits per heavy atom. The van der Waals surface area contributed by atoms with Crippen molar-refractivity contribution in [2.24, 2.45) is 0 Å². The third-order valence-electron chi connectivity index (χ3n) is 3.99. The second-order valence-electron chi connectivity index (χ2n) is 6.52. The molecule has 1 aliphatic rings. The van der Waals surface area contributed by atoms with Crippen LogP contribution in [0.5, 0.6) is 0 Å². The van der Waals surface area contributed by atoms with E-state index in [1.165, 1.54) is 34.6 Å². The molecule has 21 heavy (non-hydrogen) atoms. The summed E-state index contributed by atoms with van der Waals surface area (Å²) in [5.74, 6) is 0. The zero-order valence-corrected chi connectivity index (χ0v) is 14.8. The SMILES string of the molecule is Cc1sc(CNC(C)C)cc1CN(C)CC1CCCCO1. The minimum absolute atomic E-state index is 0.435. The average Bonchev–Trinajstić information content (AvgIpc) is 2.78. The standard InChI is InChI=1S/C17H30N2OS/c1-13(2)18-10-17-9-15(14(3)21-17)11-19(4)12-16-7-5-6-8-20-16/h9,13,16,18H,5-8,10-12H2,1-4H3. The fourth-order valence-electron chi connectivity index (χ4n) is 2.79. The van der Waals surface area contributed by atoms with Crippen molar-refractivity contribution < 1.29 is 4.74 Å². The van der Waals surface area contributed by atoms with E-state index in [4.69, 9.17) is 4.74 Å². The summed E-state index contributed by atoms with van der Waals surface area (Å²) in [6, 6.07) is 2.91. The molecule has 4 heteroatoms. The lowest BCUT2D eigenvalue weighted by Gasteiger charge is -2.27. The summed E-state index contributed by atoms with van der Waals surface area (Å²) in [6.07, 6.45) is 4.21. The molecule has 0 aliphatic carbocycles. The Bertz CT molecular complexity index is 424. The highest BCUT2D eigenvalue weighted by molar-refractivity contribution is 7.12. The lowest BCUT2D eigenvalue weighted by Crippen LogP contribution is -2.33. The number of aryl methyl sites for hydroxylation is 1. The van der Waals surface area contributed by atoms with E-state index in [1.807, 2.05) is 11.3 Å². The molecule has 1 aromatic rings. The molecule has 0 amide bonds. The number of rotatable bonds is 7. The normalized spacial score (nSPS) is 19.6. The summed E-state index contributed by atoms with van der Waals surface area (Å²) in [5.41, 5.74) is 1.47. The van der Waals surface area contributed by atoms with E-state index in [2.05, 4.69) is 44.1 Å². The van der Waals surface area contributed by atoms with Gasteiger partial charge < -0.3 is 10.1 Å². The first-order valence-electron chi connectivity index (χ1n) is 8.16. The highest BCUT2D eigenvalue weighted by atomic mass is 32.1. The van der Waals surface area contributed by atoms with Gasteiger partial charge in [-0.05, 0) is 44.9 Å². The molecule has 0 saturated carbocycles. The summed E-state index contributed by atoms with van der Waals surface area (Å²) in [5, 5.41) is 3.50. The van der Waals surface area contributed by atoms with Crippen LogP contribution in [0.15, 0.2) is 6.07 Å². The van der Waals surface area contributed by atoms with E-state index in [0.29, 0.717) is 12.1 Å². The van der Waals surface area contributed by atoms with Crippen LogP contribution in [-0.4, -0.2) is 37.2 Å². The van der Waals surface area contributed by atoms with Gasteiger partial charge in [0, 0.05) is 42.0 Å². The van der Waals surface area contributed by atoms with Crippen LogP contribution in [0.25, 0.3) is 0 Å². The first-order chi connectivity index (χ1) is 10.0. The van der Waals surface area contributed by atoms with E-state index >= 15 is 0 Å². The lowest BCUT2D eigenvalue weighted by molar-refractivity contribution is -0.00259. The van der Waals surface area contributed by atoms with E-state index in [0.717, 1.165) is 26.2 Å². The van der Waals surface area contributed by atoms with Gasteiger partial charge in [-0.1, -0.05) is 13.8 Å². The Morgan fingerprint density at radius 3 is 2.90 bits per heavy atom. The monoisotopic (exact) mass is 310 g/mol. The molecule has 1 aromatic heterocycles. The van der Waals surface area contributed by atoms with Crippen molar-refractivity contribution in [1.29, 1.82) is 0 Å². The van der Waals surface area contributed by atoms with Gasteiger partial charge in [0.15, 0.2) is 0 Å². The van der Waals surface area contributed by atoms with Crippen LogP contribution in [0.4, 0.5) is 0 Å². The fourth-order valence-corrected chi connectivity index (χ4v) is 3.80. The van der Waals surface area contributed by atoms with Crippen LogP contribution in [0, 0.1) is 6.92 Å². The molecule has 3 nitrogen and oxygen atoms in total. The molecule has 1 aliphatic heterocycles. The van der Waals surface area contributed by atoms with Crippen molar-refractivity contribution in [1.82, 2.24) is 10.2 Å². The Balaban J connectivity index is 1.83. The highest BCUT2D eigenvalue weighted by Gasteiger charge is 2.17. The maximum atomic E-state index is 5.84. The maximum absolute atomic E-state index is 5.84. The molecule has 0 bridgehead atoms. The van der Waals surface area contributed by atoms with Crippen LogP contribution < -0.4 is 5.32 Å². The molecular formula is C17H30N2OS. The fraction of sp³-hybridized carbons (Fsp3) is 0.765. The van der Waals surface area contributed by atoms with Gasteiger partial charge in [0.25, 0.3) is 0 Å². The Kier molecular flexibility index (Phi) is 6.68. The van der Waals surface area contributed by atoms with E-state index in [9.17, 15) is 0 Å². The van der Waals surface area contributed by atoms with Crippen LogP contribution in [0.2, 0.25) is 0 Å².